The van der Waals surface area contributed by atoms with Crippen molar-refractivity contribution in [1.29, 1.82) is 0 Å². The number of carbonyl (C=O) groups is 1. The Hall–Kier alpha value is -3.02. The van der Waals surface area contributed by atoms with Crippen LogP contribution in [-0.4, -0.2) is 15.7 Å². The summed E-state index contributed by atoms with van der Waals surface area (Å²) in [7, 11) is 0. The maximum atomic E-state index is 13.3. The van der Waals surface area contributed by atoms with Crippen molar-refractivity contribution in [3.63, 3.8) is 0 Å². The van der Waals surface area contributed by atoms with E-state index in [0.29, 0.717) is 22.9 Å². The summed E-state index contributed by atoms with van der Waals surface area (Å²) in [5.41, 5.74) is 0.422. The second-order valence-corrected chi connectivity index (χ2v) is 6.34. The number of nitrogens with zero attached hydrogens (tertiary/aromatic N) is 2. The van der Waals surface area contributed by atoms with Gasteiger partial charge in [0.05, 0.1) is 5.39 Å². The van der Waals surface area contributed by atoms with Gasteiger partial charge >= 0.3 is 5.97 Å². The van der Waals surface area contributed by atoms with Crippen LogP contribution in [0.2, 0.25) is 0 Å². The number of benzene rings is 2. The Kier molecular flexibility index (Phi) is 5.96. The Morgan fingerprint density at radius 1 is 1.11 bits per heavy atom. The van der Waals surface area contributed by atoms with Crippen molar-refractivity contribution in [2.24, 2.45) is 0 Å². The first-order valence-corrected chi connectivity index (χ1v) is 9.01. The minimum atomic E-state index is -0.639. The molecule has 3 rings (SSSR count). The Labute approximate surface area is 156 Å². The maximum Gasteiger partial charge on any atom is 0.359 e. The summed E-state index contributed by atoms with van der Waals surface area (Å²) in [6.07, 6.45) is 2.80. The maximum absolute atomic E-state index is 13.3. The fourth-order valence-electron chi connectivity index (χ4n) is 2.89. The van der Waals surface area contributed by atoms with Crippen molar-refractivity contribution in [1.82, 2.24) is 9.78 Å². The van der Waals surface area contributed by atoms with Gasteiger partial charge in [0, 0.05) is 11.9 Å². The van der Waals surface area contributed by atoms with Crippen LogP contribution in [0.25, 0.3) is 10.8 Å². The zero-order valence-corrected chi connectivity index (χ0v) is 15.2. The van der Waals surface area contributed by atoms with Gasteiger partial charge in [-0.2, -0.15) is 5.10 Å². The van der Waals surface area contributed by atoms with Crippen LogP contribution in [0.15, 0.2) is 53.3 Å². The summed E-state index contributed by atoms with van der Waals surface area (Å²) < 4.78 is 19.9. The molecule has 0 radical (unpaired) electrons. The molecule has 0 atom stereocenters. The second kappa shape index (κ2) is 8.58. The summed E-state index contributed by atoms with van der Waals surface area (Å²) in [5.74, 6) is -1.03. The van der Waals surface area contributed by atoms with Gasteiger partial charge in [0.2, 0.25) is 0 Å². The first-order valence-electron chi connectivity index (χ1n) is 9.01. The normalized spacial score (nSPS) is 10.9. The number of fused-ring (bicyclic) bond motifs is 1. The molecule has 1 heterocycles. The molecule has 0 aliphatic carbocycles. The highest BCUT2D eigenvalue weighted by molar-refractivity contribution is 6.02. The monoisotopic (exact) mass is 368 g/mol. The van der Waals surface area contributed by atoms with E-state index in [-0.39, 0.29) is 17.9 Å². The van der Waals surface area contributed by atoms with Gasteiger partial charge in [-0.15, -0.1) is 0 Å². The molecule has 1 aromatic heterocycles. The number of halogens is 1. The van der Waals surface area contributed by atoms with Crippen LogP contribution in [-0.2, 0) is 17.9 Å². The topological polar surface area (TPSA) is 61.2 Å². The zero-order chi connectivity index (χ0) is 19.2. The molecule has 2 aromatic carbocycles. The SMILES string of the molecule is CCCCCn1nc(C(=O)OCc2cccc(F)c2)c2ccccc2c1=O. The van der Waals surface area contributed by atoms with Gasteiger partial charge in [-0.1, -0.05) is 50.1 Å². The van der Waals surface area contributed by atoms with Crippen LogP contribution in [0.3, 0.4) is 0 Å². The van der Waals surface area contributed by atoms with Crippen molar-refractivity contribution in [3.05, 3.63) is 76.0 Å². The lowest BCUT2D eigenvalue weighted by molar-refractivity contribution is 0.0465. The van der Waals surface area contributed by atoms with Crippen LogP contribution in [0, 0.1) is 5.82 Å². The summed E-state index contributed by atoms with van der Waals surface area (Å²) in [5, 5.41) is 5.15. The van der Waals surface area contributed by atoms with Crippen molar-refractivity contribution in [2.45, 2.75) is 39.3 Å². The Morgan fingerprint density at radius 3 is 2.63 bits per heavy atom. The quantitative estimate of drug-likeness (QED) is 0.466. The second-order valence-electron chi connectivity index (χ2n) is 6.34. The number of ether oxygens (including phenoxy) is 1. The molecule has 0 aliphatic rings. The third-order valence-corrected chi connectivity index (χ3v) is 4.29. The van der Waals surface area contributed by atoms with Crippen molar-refractivity contribution in [3.8, 4) is 0 Å². The number of hydrogen-bond donors (Lipinski definition) is 0. The smallest absolute Gasteiger partial charge is 0.359 e. The number of esters is 1. The van der Waals surface area contributed by atoms with Crippen LogP contribution in [0.1, 0.15) is 42.2 Å². The molecular weight excluding hydrogens is 347 g/mol. The van der Waals surface area contributed by atoms with Crippen molar-refractivity contribution >= 4 is 16.7 Å². The lowest BCUT2D eigenvalue weighted by Gasteiger charge is -2.11. The molecule has 140 valence electrons. The summed E-state index contributed by atoms with van der Waals surface area (Å²) >= 11 is 0. The highest BCUT2D eigenvalue weighted by Crippen LogP contribution is 2.15. The molecular formula is C21H21FN2O3. The zero-order valence-electron chi connectivity index (χ0n) is 15.2. The lowest BCUT2D eigenvalue weighted by atomic mass is 10.1. The number of aryl methyl sites for hydroxylation is 1. The molecule has 0 bridgehead atoms. The third kappa shape index (κ3) is 4.39. The van der Waals surface area contributed by atoms with Gasteiger partial charge in [0.25, 0.3) is 5.56 Å². The van der Waals surface area contributed by atoms with E-state index in [9.17, 15) is 14.0 Å². The number of unbranched alkanes of at least 4 members (excludes halogenated alkanes) is 2. The Bertz CT molecular complexity index is 1010. The fourth-order valence-corrected chi connectivity index (χ4v) is 2.89. The average molecular weight is 368 g/mol. The molecule has 0 unspecified atom stereocenters. The van der Waals surface area contributed by atoms with Crippen LogP contribution in [0.4, 0.5) is 4.39 Å². The van der Waals surface area contributed by atoms with Crippen molar-refractivity contribution in [2.75, 3.05) is 0 Å². The van der Waals surface area contributed by atoms with E-state index < -0.39 is 11.8 Å². The number of hydrogen-bond acceptors (Lipinski definition) is 4. The molecule has 0 fully saturated rings. The molecule has 0 saturated heterocycles. The Balaban J connectivity index is 1.90. The number of carbonyl (C=O) groups excluding carboxylic acids is 1. The molecule has 3 aromatic rings. The van der Waals surface area contributed by atoms with Crippen LogP contribution >= 0.6 is 0 Å². The largest absolute Gasteiger partial charge is 0.456 e. The molecule has 6 heteroatoms. The molecule has 0 saturated carbocycles. The molecule has 0 N–H and O–H groups in total. The van der Waals surface area contributed by atoms with Crippen LogP contribution in [0.5, 0.6) is 0 Å². The van der Waals surface area contributed by atoms with E-state index >= 15 is 0 Å². The fraction of sp³-hybridized carbons (Fsp3) is 0.286. The molecule has 27 heavy (non-hydrogen) atoms. The van der Waals surface area contributed by atoms with Crippen LogP contribution < -0.4 is 5.56 Å². The molecule has 0 spiro atoms. The van der Waals surface area contributed by atoms with Gasteiger partial charge in [0.15, 0.2) is 5.69 Å². The van der Waals surface area contributed by atoms with E-state index in [4.69, 9.17) is 4.74 Å². The molecule has 0 amide bonds. The summed E-state index contributed by atoms with van der Waals surface area (Å²) in [6, 6.07) is 12.7. The number of aromatic nitrogens is 2. The molecule has 5 nitrogen and oxygen atoms in total. The number of rotatable bonds is 7. The Morgan fingerprint density at radius 2 is 1.89 bits per heavy atom. The minimum Gasteiger partial charge on any atom is -0.456 e. The lowest BCUT2D eigenvalue weighted by Crippen LogP contribution is -2.26. The van der Waals surface area contributed by atoms with E-state index in [1.54, 1.807) is 36.4 Å². The van der Waals surface area contributed by atoms with Crippen molar-refractivity contribution < 1.29 is 13.9 Å². The third-order valence-electron chi connectivity index (χ3n) is 4.29. The van der Waals surface area contributed by atoms with Gasteiger partial charge in [-0.3, -0.25) is 4.79 Å². The van der Waals surface area contributed by atoms with Gasteiger partial charge < -0.3 is 4.74 Å². The highest BCUT2D eigenvalue weighted by Gasteiger charge is 2.18. The first-order chi connectivity index (χ1) is 13.1. The van der Waals surface area contributed by atoms with E-state index in [1.807, 2.05) is 0 Å². The predicted octanol–water partition coefficient (Wildman–Crippen LogP) is 4.08. The van der Waals surface area contributed by atoms with Gasteiger partial charge in [-0.25, -0.2) is 13.9 Å². The highest BCUT2D eigenvalue weighted by atomic mass is 19.1. The first kappa shape index (κ1) is 18.8. The van der Waals surface area contributed by atoms with E-state index in [2.05, 4.69) is 12.0 Å². The summed E-state index contributed by atoms with van der Waals surface area (Å²) in [4.78, 5) is 25.2. The average Bonchev–Trinajstić information content (AvgIpc) is 2.68. The van der Waals surface area contributed by atoms with E-state index in [0.717, 1.165) is 19.3 Å². The van der Waals surface area contributed by atoms with E-state index in [1.165, 1.54) is 16.8 Å². The minimum absolute atomic E-state index is 0.0679. The molecule has 0 aliphatic heterocycles. The standard InChI is InChI=1S/C21H21FN2O3/c1-2-3-6-12-24-20(25)18-11-5-4-10-17(18)19(23-24)21(26)27-14-15-8-7-9-16(22)13-15/h4-5,7-11,13H,2-3,6,12,14H2,1H3. The summed E-state index contributed by atoms with van der Waals surface area (Å²) in [6.45, 7) is 2.45. The predicted molar refractivity (Wildman–Crippen MR) is 101 cm³/mol. The van der Waals surface area contributed by atoms with Gasteiger partial charge in [0.1, 0.15) is 12.4 Å². The van der Waals surface area contributed by atoms with Gasteiger partial charge in [-0.05, 0) is 30.2 Å².